The topological polar surface area (TPSA) is 45.0 Å². The average Bonchev–Trinajstić information content (AvgIpc) is 2.14. The second-order valence-electron chi connectivity index (χ2n) is 3.13. The van der Waals surface area contributed by atoms with E-state index in [1.165, 1.54) is 0 Å². The van der Waals surface area contributed by atoms with Crippen molar-refractivity contribution in [1.29, 1.82) is 5.26 Å². The van der Waals surface area contributed by atoms with Gasteiger partial charge in [0.1, 0.15) is 0 Å². The lowest BCUT2D eigenvalue weighted by Crippen LogP contribution is -2.31. The fourth-order valence-corrected chi connectivity index (χ4v) is 1.03. The molecule has 0 aromatic carbocycles. The minimum atomic E-state index is 0.419. The fraction of sp³-hybridized carbons (Fsp3) is 0.900. The van der Waals surface area contributed by atoms with Gasteiger partial charge in [0.2, 0.25) is 0 Å². The Labute approximate surface area is 81.1 Å². The molecule has 0 aliphatic rings. The molecule has 0 heterocycles. The maximum atomic E-state index is 8.30. The van der Waals surface area contributed by atoms with E-state index in [9.17, 15) is 0 Å². The molecule has 0 saturated heterocycles. The van der Waals surface area contributed by atoms with Crippen molar-refractivity contribution in [1.82, 2.24) is 5.32 Å². The SMILES string of the molecule is CCOCC(C)NCCCCC#N. The van der Waals surface area contributed by atoms with E-state index in [1.54, 1.807) is 0 Å². The molecule has 0 radical (unpaired) electrons. The third-order valence-corrected chi connectivity index (χ3v) is 1.78. The third-order valence-electron chi connectivity index (χ3n) is 1.78. The Kier molecular flexibility index (Phi) is 9.07. The molecule has 0 fully saturated rings. The first kappa shape index (κ1) is 12.4. The summed E-state index contributed by atoms with van der Waals surface area (Å²) in [7, 11) is 0. The van der Waals surface area contributed by atoms with Crippen LogP contribution in [0.25, 0.3) is 0 Å². The highest BCUT2D eigenvalue weighted by molar-refractivity contribution is 4.68. The summed E-state index contributed by atoms with van der Waals surface area (Å²) >= 11 is 0. The predicted octanol–water partition coefficient (Wildman–Crippen LogP) is 1.69. The van der Waals surface area contributed by atoms with Gasteiger partial charge in [-0.1, -0.05) is 0 Å². The molecule has 0 aromatic heterocycles. The van der Waals surface area contributed by atoms with Gasteiger partial charge < -0.3 is 10.1 Å². The number of ether oxygens (including phenoxy) is 1. The molecule has 13 heavy (non-hydrogen) atoms. The van der Waals surface area contributed by atoms with Crippen LogP contribution in [-0.4, -0.2) is 25.8 Å². The number of rotatable bonds is 8. The van der Waals surface area contributed by atoms with Crippen molar-refractivity contribution < 1.29 is 4.74 Å². The van der Waals surface area contributed by atoms with E-state index >= 15 is 0 Å². The number of unbranched alkanes of at least 4 members (excludes halogenated alkanes) is 2. The van der Waals surface area contributed by atoms with Gasteiger partial charge >= 0.3 is 0 Å². The number of nitriles is 1. The van der Waals surface area contributed by atoms with Gasteiger partial charge in [0.25, 0.3) is 0 Å². The van der Waals surface area contributed by atoms with Crippen molar-refractivity contribution in [2.24, 2.45) is 0 Å². The highest BCUT2D eigenvalue weighted by atomic mass is 16.5. The molecule has 3 nitrogen and oxygen atoms in total. The molecule has 1 atom stereocenters. The molecule has 0 bridgehead atoms. The average molecular weight is 184 g/mol. The van der Waals surface area contributed by atoms with Crippen LogP contribution in [0.1, 0.15) is 33.1 Å². The van der Waals surface area contributed by atoms with Crippen LogP contribution in [-0.2, 0) is 4.74 Å². The first-order valence-corrected chi connectivity index (χ1v) is 4.99. The van der Waals surface area contributed by atoms with Crippen LogP contribution in [0.4, 0.5) is 0 Å². The third kappa shape index (κ3) is 9.32. The molecular formula is C10H20N2O. The van der Waals surface area contributed by atoms with Gasteiger partial charge in [-0.3, -0.25) is 0 Å². The number of hydrogen-bond donors (Lipinski definition) is 1. The largest absolute Gasteiger partial charge is 0.380 e. The lowest BCUT2D eigenvalue weighted by atomic mass is 10.2. The molecule has 0 saturated carbocycles. The Morgan fingerprint density at radius 2 is 2.23 bits per heavy atom. The Morgan fingerprint density at radius 3 is 2.85 bits per heavy atom. The fourth-order valence-electron chi connectivity index (χ4n) is 1.03. The molecule has 1 unspecified atom stereocenters. The van der Waals surface area contributed by atoms with Crippen LogP contribution in [0.5, 0.6) is 0 Å². The maximum absolute atomic E-state index is 8.30. The van der Waals surface area contributed by atoms with Gasteiger partial charge in [-0.15, -0.1) is 0 Å². The summed E-state index contributed by atoms with van der Waals surface area (Å²) in [5.74, 6) is 0. The van der Waals surface area contributed by atoms with Crippen molar-refractivity contribution in [2.75, 3.05) is 19.8 Å². The lowest BCUT2D eigenvalue weighted by molar-refractivity contribution is 0.127. The number of nitrogens with one attached hydrogen (secondary N) is 1. The van der Waals surface area contributed by atoms with Crippen molar-refractivity contribution in [3.8, 4) is 6.07 Å². The van der Waals surface area contributed by atoms with E-state index in [2.05, 4.69) is 18.3 Å². The molecule has 0 rings (SSSR count). The van der Waals surface area contributed by atoms with Gasteiger partial charge in [-0.05, 0) is 33.2 Å². The van der Waals surface area contributed by atoms with Crippen molar-refractivity contribution in [2.45, 2.75) is 39.2 Å². The van der Waals surface area contributed by atoms with E-state index in [0.717, 1.165) is 32.6 Å². The molecular weight excluding hydrogens is 164 g/mol. The molecule has 0 spiro atoms. The van der Waals surface area contributed by atoms with Crippen LogP contribution in [0.15, 0.2) is 0 Å². The minimum Gasteiger partial charge on any atom is -0.380 e. The van der Waals surface area contributed by atoms with Crippen molar-refractivity contribution in [3.63, 3.8) is 0 Å². The van der Waals surface area contributed by atoms with Gasteiger partial charge in [-0.2, -0.15) is 5.26 Å². The van der Waals surface area contributed by atoms with Crippen LogP contribution >= 0.6 is 0 Å². The van der Waals surface area contributed by atoms with E-state index in [1.807, 2.05) is 6.92 Å². The Balaban J connectivity index is 3.08. The van der Waals surface area contributed by atoms with Gasteiger partial charge in [-0.25, -0.2) is 0 Å². The van der Waals surface area contributed by atoms with Crippen LogP contribution < -0.4 is 5.32 Å². The lowest BCUT2D eigenvalue weighted by Gasteiger charge is -2.12. The van der Waals surface area contributed by atoms with E-state index in [0.29, 0.717) is 12.5 Å². The zero-order chi connectivity index (χ0) is 9.94. The summed E-state index contributed by atoms with van der Waals surface area (Å²) < 4.78 is 5.26. The van der Waals surface area contributed by atoms with Gasteiger partial charge in [0, 0.05) is 19.1 Å². The quantitative estimate of drug-likeness (QED) is 0.584. The predicted molar refractivity (Wildman–Crippen MR) is 53.4 cm³/mol. The highest BCUT2D eigenvalue weighted by Gasteiger charge is 1.98. The molecule has 1 N–H and O–H groups in total. The summed E-state index contributed by atoms with van der Waals surface area (Å²) in [6.07, 6.45) is 2.73. The van der Waals surface area contributed by atoms with E-state index < -0.39 is 0 Å². The second kappa shape index (κ2) is 9.50. The van der Waals surface area contributed by atoms with Gasteiger partial charge in [0.15, 0.2) is 0 Å². The van der Waals surface area contributed by atoms with Crippen LogP contribution in [0.3, 0.4) is 0 Å². The van der Waals surface area contributed by atoms with Crippen molar-refractivity contribution >= 4 is 0 Å². The van der Waals surface area contributed by atoms with Crippen LogP contribution in [0.2, 0.25) is 0 Å². The second-order valence-corrected chi connectivity index (χ2v) is 3.13. The van der Waals surface area contributed by atoms with E-state index in [-0.39, 0.29) is 0 Å². The summed E-state index contributed by atoms with van der Waals surface area (Å²) in [6, 6.07) is 2.56. The zero-order valence-corrected chi connectivity index (χ0v) is 8.68. The molecule has 0 amide bonds. The first-order chi connectivity index (χ1) is 6.31. The highest BCUT2D eigenvalue weighted by Crippen LogP contribution is 1.92. The zero-order valence-electron chi connectivity index (χ0n) is 8.68. The maximum Gasteiger partial charge on any atom is 0.0621 e. The molecule has 76 valence electrons. The first-order valence-electron chi connectivity index (χ1n) is 4.99. The molecule has 0 aliphatic heterocycles. The van der Waals surface area contributed by atoms with E-state index in [4.69, 9.17) is 10.00 Å². The van der Waals surface area contributed by atoms with Crippen LogP contribution in [0, 0.1) is 11.3 Å². The number of hydrogen-bond acceptors (Lipinski definition) is 3. The van der Waals surface area contributed by atoms with Gasteiger partial charge in [0.05, 0.1) is 12.7 Å². The summed E-state index contributed by atoms with van der Waals surface area (Å²) in [5.41, 5.74) is 0. The number of nitrogens with zero attached hydrogens (tertiary/aromatic N) is 1. The Hall–Kier alpha value is -0.590. The molecule has 3 heteroatoms. The molecule has 0 aromatic rings. The van der Waals surface area contributed by atoms with Crippen molar-refractivity contribution in [3.05, 3.63) is 0 Å². The smallest absolute Gasteiger partial charge is 0.0621 e. The summed E-state index contributed by atoms with van der Waals surface area (Å²) in [5, 5.41) is 11.6. The Morgan fingerprint density at radius 1 is 1.46 bits per heavy atom. The normalized spacial score (nSPS) is 12.4. The minimum absolute atomic E-state index is 0.419. The molecule has 0 aliphatic carbocycles. The summed E-state index contributed by atoms with van der Waals surface area (Å²) in [6.45, 7) is 6.64. The monoisotopic (exact) mass is 184 g/mol. The standard InChI is InChI=1S/C10H20N2O/c1-3-13-9-10(2)12-8-6-4-5-7-11/h10,12H,3-6,8-9H2,1-2H3. The Bertz CT molecular complexity index is 142. The summed E-state index contributed by atoms with van der Waals surface area (Å²) in [4.78, 5) is 0.